The van der Waals surface area contributed by atoms with Crippen molar-refractivity contribution in [1.29, 1.82) is 0 Å². The van der Waals surface area contributed by atoms with Crippen LogP contribution in [-0.2, 0) is 9.59 Å². The average molecular weight is 216 g/mol. The fraction of sp³-hybridized carbons (Fsp3) is 0.556. The third-order valence-electron chi connectivity index (χ3n) is 1.63. The van der Waals surface area contributed by atoms with Gasteiger partial charge < -0.3 is 20.8 Å². The first kappa shape index (κ1) is 13.6. The Kier molecular flexibility index (Phi) is 7.21. The van der Waals surface area contributed by atoms with Crippen molar-refractivity contribution < 1.29 is 19.8 Å². The first-order chi connectivity index (χ1) is 7.11. The van der Waals surface area contributed by atoms with Gasteiger partial charge in [0.25, 0.3) is 0 Å². The summed E-state index contributed by atoms with van der Waals surface area (Å²) in [4.78, 5) is 21.7. The molecule has 0 aliphatic heterocycles. The minimum absolute atomic E-state index is 0.00251. The molecule has 0 spiro atoms. The van der Waals surface area contributed by atoms with Gasteiger partial charge in [-0.1, -0.05) is 6.08 Å². The van der Waals surface area contributed by atoms with Crippen LogP contribution >= 0.6 is 0 Å². The van der Waals surface area contributed by atoms with Crippen LogP contribution in [-0.4, -0.2) is 47.8 Å². The van der Waals surface area contributed by atoms with Crippen LogP contribution in [0.4, 0.5) is 0 Å². The topological polar surface area (TPSA) is 98.7 Å². The van der Waals surface area contributed by atoms with Gasteiger partial charge >= 0.3 is 5.97 Å². The zero-order chi connectivity index (χ0) is 11.7. The molecule has 0 radical (unpaired) electrons. The van der Waals surface area contributed by atoms with E-state index in [4.69, 9.17) is 10.2 Å². The van der Waals surface area contributed by atoms with Gasteiger partial charge in [-0.15, -0.1) is 6.58 Å². The highest BCUT2D eigenvalue weighted by Gasteiger charge is 2.18. The molecule has 15 heavy (non-hydrogen) atoms. The summed E-state index contributed by atoms with van der Waals surface area (Å²) in [5.41, 5.74) is 0. The molecule has 0 aromatic rings. The van der Waals surface area contributed by atoms with Crippen molar-refractivity contribution in [2.24, 2.45) is 0 Å². The number of carbonyl (C=O) groups excluding carboxylic acids is 1. The number of carbonyl (C=O) groups is 2. The van der Waals surface area contributed by atoms with Crippen molar-refractivity contribution in [3.05, 3.63) is 12.7 Å². The normalized spacial score (nSPS) is 11.8. The Labute approximate surface area is 88.0 Å². The summed E-state index contributed by atoms with van der Waals surface area (Å²) < 4.78 is 0. The third-order valence-corrected chi connectivity index (χ3v) is 1.63. The molecule has 0 aromatic heterocycles. The molecule has 0 rings (SSSR count). The highest BCUT2D eigenvalue weighted by atomic mass is 16.4. The zero-order valence-corrected chi connectivity index (χ0v) is 8.40. The average Bonchev–Trinajstić information content (AvgIpc) is 2.17. The van der Waals surface area contributed by atoms with Gasteiger partial charge in [-0.3, -0.25) is 4.79 Å². The Morgan fingerprint density at radius 1 is 1.47 bits per heavy atom. The van der Waals surface area contributed by atoms with Gasteiger partial charge in [0.05, 0.1) is 6.54 Å². The van der Waals surface area contributed by atoms with Crippen LogP contribution in [0, 0.1) is 0 Å². The summed E-state index contributed by atoms with van der Waals surface area (Å²) in [5, 5.41) is 22.2. The molecule has 1 atom stereocenters. The minimum atomic E-state index is -1.15. The lowest BCUT2D eigenvalue weighted by atomic mass is 10.2. The van der Waals surface area contributed by atoms with E-state index in [1.54, 1.807) is 6.08 Å². The summed E-state index contributed by atoms with van der Waals surface area (Å²) in [6.45, 7) is 3.68. The van der Waals surface area contributed by atoms with Gasteiger partial charge in [0.2, 0.25) is 5.91 Å². The number of hydrogen-bond donors (Lipinski definition) is 4. The maximum absolute atomic E-state index is 11.2. The molecule has 0 aliphatic rings. The van der Waals surface area contributed by atoms with Crippen LogP contribution in [0.2, 0.25) is 0 Å². The molecule has 0 saturated heterocycles. The van der Waals surface area contributed by atoms with Gasteiger partial charge in [0.15, 0.2) is 0 Å². The molecule has 86 valence electrons. The van der Waals surface area contributed by atoms with E-state index in [-0.39, 0.29) is 19.6 Å². The second-order valence-corrected chi connectivity index (χ2v) is 2.89. The Morgan fingerprint density at radius 3 is 2.60 bits per heavy atom. The smallest absolute Gasteiger partial charge is 0.326 e. The molecule has 0 aliphatic carbocycles. The number of carboxylic acid groups (broad SMARTS) is 1. The quantitative estimate of drug-likeness (QED) is 0.299. The van der Waals surface area contributed by atoms with Gasteiger partial charge in [-0.25, -0.2) is 4.79 Å². The van der Waals surface area contributed by atoms with Crippen LogP contribution in [0.3, 0.4) is 0 Å². The molecule has 0 bridgehead atoms. The van der Waals surface area contributed by atoms with Crippen LogP contribution in [0.15, 0.2) is 12.7 Å². The Bertz CT molecular complexity index is 230. The number of nitrogens with one attached hydrogen (secondary N) is 2. The van der Waals surface area contributed by atoms with E-state index in [0.29, 0.717) is 6.54 Å². The molecule has 6 nitrogen and oxygen atoms in total. The molecular formula is C9H16N2O4. The fourth-order valence-corrected chi connectivity index (χ4v) is 0.920. The Morgan fingerprint density at radius 2 is 2.13 bits per heavy atom. The number of carboxylic acids is 1. The van der Waals surface area contributed by atoms with Gasteiger partial charge in [-0.2, -0.15) is 0 Å². The lowest BCUT2D eigenvalue weighted by molar-refractivity contribution is -0.142. The molecule has 0 fully saturated rings. The second kappa shape index (κ2) is 7.95. The molecule has 0 heterocycles. The van der Waals surface area contributed by atoms with Crippen LogP contribution in [0.25, 0.3) is 0 Å². The van der Waals surface area contributed by atoms with Crippen molar-refractivity contribution in [3.8, 4) is 0 Å². The number of aliphatic carboxylic acids is 1. The van der Waals surface area contributed by atoms with Crippen molar-refractivity contribution in [2.75, 3.05) is 19.7 Å². The number of amides is 1. The van der Waals surface area contributed by atoms with E-state index in [0.717, 1.165) is 0 Å². The fourth-order valence-electron chi connectivity index (χ4n) is 0.920. The van der Waals surface area contributed by atoms with Gasteiger partial charge in [0.1, 0.15) is 6.04 Å². The van der Waals surface area contributed by atoms with E-state index in [1.165, 1.54) is 0 Å². The van der Waals surface area contributed by atoms with Crippen LogP contribution in [0.5, 0.6) is 0 Å². The second-order valence-electron chi connectivity index (χ2n) is 2.89. The molecule has 6 heteroatoms. The van der Waals surface area contributed by atoms with Crippen LogP contribution in [0.1, 0.15) is 6.42 Å². The predicted molar refractivity (Wildman–Crippen MR) is 54.3 cm³/mol. The Hall–Kier alpha value is -1.40. The highest BCUT2D eigenvalue weighted by Crippen LogP contribution is 1.90. The minimum Gasteiger partial charge on any atom is -0.480 e. The number of aliphatic hydroxyl groups is 1. The van der Waals surface area contributed by atoms with E-state index in [9.17, 15) is 9.59 Å². The highest BCUT2D eigenvalue weighted by molar-refractivity contribution is 5.84. The molecular weight excluding hydrogens is 200 g/mol. The number of rotatable bonds is 8. The summed E-state index contributed by atoms with van der Waals surface area (Å²) in [7, 11) is 0. The van der Waals surface area contributed by atoms with E-state index in [1.807, 2.05) is 0 Å². The lowest BCUT2D eigenvalue weighted by Crippen LogP contribution is -2.45. The number of hydrogen-bond acceptors (Lipinski definition) is 4. The molecule has 1 amide bonds. The van der Waals surface area contributed by atoms with Crippen molar-refractivity contribution in [1.82, 2.24) is 10.6 Å². The summed E-state index contributed by atoms with van der Waals surface area (Å²) in [6.07, 6.45) is 1.60. The van der Waals surface area contributed by atoms with E-state index >= 15 is 0 Å². The molecule has 4 N–H and O–H groups in total. The first-order valence-corrected chi connectivity index (χ1v) is 4.56. The predicted octanol–water partition coefficient (Wildman–Crippen LogP) is -1.29. The van der Waals surface area contributed by atoms with E-state index in [2.05, 4.69) is 17.2 Å². The molecule has 0 saturated carbocycles. The van der Waals surface area contributed by atoms with E-state index < -0.39 is 17.9 Å². The van der Waals surface area contributed by atoms with Crippen molar-refractivity contribution in [2.45, 2.75) is 12.5 Å². The summed E-state index contributed by atoms with van der Waals surface area (Å²) in [6, 6.07) is -1.03. The first-order valence-electron chi connectivity index (χ1n) is 4.56. The zero-order valence-electron chi connectivity index (χ0n) is 8.40. The summed E-state index contributed by atoms with van der Waals surface area (Å²) >= 11 is 0. The summed E-state index contributed by atoms with van der Waals surface area (Å²) in [5.74, 6) is -1.57. The van der Waals surface area contributed by atoms with Crippen molar-refractivity contribution in [3.63, 3.8) is 0 Å². The maximum atomic E-state index is 11.2. The monoisotopic (exact) mass is 216 g/mol. The largest absolute Gasteiger partial charge is 0.480 e. The standard InChI is InChI=1S/C9H16N2O4/c1-2-4-10-6-8(13)11-7(3-5-12)9(14)15/h2,7,10,12H,1,3-6H2,(H,11,13)(H,14,15)/t7-/m0/s1. The third kappa shape index (κ3) is 6.64. The van der Waals surface area contributed by atoms with Crippen LogP contribution < -0.4 is 10.6 Å². The molecule has 0 aromatic carbocycles. The molecule has 0 unspecified atom stereocenters. The number of aliphatic hydroxyl groups excluding tert-OH is 1. The Balaban J connectivity index is 3.88. The SMILES string of the molecule is C=CCNCC(=O)N[C@@H](CCO)C(=O)O. The maximum Gasteiger partial charge on any atom is 0.326 e. The van der Waals surface area contributed by atoms with Crippen molar-refractivity contribution >= 4 is 11.9 Å². The van der Waals surface area contributed by atoms with Gasteiger partial charge in [-0.05, 0) is 0 Å². The van der Waals surface area contributed by atoms with Gasteiger partial charge in [0, 0.05) is 19.6 Å². The lowest BCUT2D eigenvalue weighted by Gasteiger charge is -2.13.